The van der Waals surface area contributed by atoms with E-state index < -0.39 is 5.82 Å². The number of benzene rings is 2. The van der Waals surface area contributed by atoms with Crippen LogP contribution in [0.5, 0.6) is 0 Å². The van der Waals surface area contributed by atoms with Crippen molar-refractivity contribution in [1.82, 2.24) is 4.90 Å². The highest BCUT2D eigenvalue weighted by atomic mass is 35.5. The molecule has 2 aromatic rings. The third kappa shape index (κ3) is 5.20. The Bertz CT molecular complexity index is 694. The molecule has 0 radical (unpaired) electrons. The summed E-state index contributed by atoms with van der Waals surface area (Å²) >= 11 is 12.1. The summed E-state index contributed by atoms with van der Waals surface area (Å²) in [7, 11) is 1.88. The van der Waals surface area contributed by atoms with Crippen LogP contribution in [0.1, 0.15) is 12.0 Å². The van der Waals surface area contributed by atoms with E-state index in [0.29, 0.717) is 23.1 Å². The lowest BCUT2D eigenvalue weighted by Crippen LogP contribution is -2.24. The van der Waals surface area contributed by atoms with Crippen LogP contribution in [-0.2, 0) is 11.3 Å². The fourth-order valence-corrected chi connectivity index (χ4v) is 2.49. The smallest absolute Gasteiger partial charge is 0.225 e. The van der Waals surface area contributed by atoms with E-state index in [4.69, 9.17) is 23.2 Å². The Morgan fingerprint density at radius 3 is 2.65 bits per heavy atom. The van der Waals surface area contributed by atoms with Gasteiger partial charge in [-0.3, -0.25) is 4.79 Å². The van der Waals surface area contributed by atoms with Crippen molar-refractivity contribution in [2.24, 2.45) is 0 Å². The Morgan fingerprint density at radius 1 is 1.17 bits per heavy atom. The summed E-state index contributed by atoms with van der Waals surface area (Å²) in [6.45, 7) is 1.09. The summed E-state index contributed by atoms with van der Waals surface area (Å²) in [6.07, 6.45) is 0.253. The zero-order valence-corrected chi connectivity index (χ0v) is 14.2. The molecule has 0 atom stereocenters. The monoisotopic (exact) mass is 354 g/mol. The Morgan fingerprint density at radius 2 is 1.91 bits per heavy atom. The van der Waals surface area contributed by atoms with Gasteiger partial charge in [0.25, 0.3) is 0 Å². The lowest BCUT2D eigenvalue weighted by atomic mass is 10.2. The van der Waals surface area contributed by atoms with Crippen molar-refractivity contribution >= 4 is 34.8 Å². The van der Waals surface area contributed by atoms with Crippen molar-refractivity contribution in [2.45, 2.75) is 13.0 Å². The second-order valence-corrected chi connectivity index (χ2v) is 6.01. The Hall–Kier alpha value is -1.62. The first-order valence-corrected chi connectivity index (χ1v) is 7.89. The lowest BCUT2D eigenvalue weighted by molar-refractivity contribution is -0.116. The van der Waals surface area contributed by atoms with Gasteiger partial charge in [0.2, 0.25) is 5.91 Å². The third-order valence-electron chi connectivity index (χ3n) is 3.34. The fourth-order valence-electron chi connectivity index (χ4n) is 2.11. The zero-order valence-electron chi connectivity index (χ0n) is 12.7. The normalized spacial score (nSPS) is 10.8. The van der Waals surface area contributed by atoms with Crippen LogP contribution >= 0.6 is 23.2 Å². The van der Waals surface area contributed by atoms with Gasteiger partial charge >= 0.3 is 0 Å². The van der Waals surface area contributed by atoms with Gasteiger partial charge in [-0.2, -0.15) is 0 Å². The molecule has 0 aliphatic rings. The lowest BCUT2D eigenvalue weighted by Gasteiger charge is -2.17. The van der Waals surface area contributed by atoms with Gasteiger partial charge in [-0.05, 0) is 30.8 Å². The number of carbonyl (C=O) groups is 1. The molecule has 2 rings (SSSR count). The second kappa shape index (κ2) is 8.29. The van der Waals surface area contributed by atoms with Gasteiger partial charge < -0.3 is 10.2 Å². The second-order valence-electron chi connectivity index (χ2n) is 5.23. The zero-order chi connectivity index (χ0) is 16.8. The van der Waals surface area contributed by atoms with Crippen molar-refractivity contribution < 1.29 is 9.18 Å². The SMILES string of the molecule is CN(CCC(=O)Nc1ccccc1F)Cc1cccc(Cl)c1Cl. The average Bonchev–Trinajstić information content (AvgIpc) is 2.52. The predicted octanol–water partition coefficient (Wildman–Crippen LogP) is 4.59. The molecular weight excluding hydrogens is 338 g/mol. The maximum atomic E-state index is 13.5. The molecule has 0 aliphatic heterocycles. The van der Waals surface area contributed by atoms with Crippen LogP contribution in [0.2, 0.25) is 10.0 Å². The van der Waals surface area contributed by atoms with Gasteiger partial charge in [0.05, 0.1) is 15.7 Å². The number of nitrogens with one attached hydrogen (secondary N) is 1. The number of carbonyl (C=O) groups excluding carboxylic acids is 1. The van der Waals surface area contributed by atoms with Gasteiger partial charge in [-0.15, -0.1) is 0 Å². The molecule has 0 aromatic heterocycles. The topological polar surface area (TPSA) is 32.3 Å². The Kier molecular flexibility index (Phi) is 6.39. The van der Waals surface area contributed by atoms with Crippen molar-refractivity contribution in [3.8, 4) is 0 Å². The molecule has 23 heavy (non-hydrogen) atoms. The van der Waals surface area contributed by atoms with Crippen LogP contribution in [0.15, 0.2) is 42.5 Å². The van der Waals surface area contributed by atoms with Crippen LogP contribution < -0.4 is 5.32 Å². The number of para-hydroxylation sites is 1. The predicted molar refractivity (Wildman–Crippen MR) is 92.4 cm³/mol. The standard InChI is InChI=1S/C17H17Cl2FN2O/c1-22(11-12-5-4-6-13(18)17(12)19)10-9-16(23)21-15-8-3-2-7-14(15)20/h2-8H,9-11H2,1H3,(H,21,23). The van der Waals surface area contributed by atoms with Gasteiger partial charge in [0.1, 0.15) is 5.82 Å². The van der Waals surface area contributed by atoms with Gasteiger partial charge in [-0.1, -0.05) is 47.5 Å². The number of nitrogens with zero attached hydrogens (tertiary/aromatic N) is 1. The van der Waals surface area contributed by atoms with E-state index in [-0.39, 0.29) is 18.0 Å². The van der Waals surface area contributed by atoms with Gasteiger partial charge in [-0.25, -0.2) is 4.39 Å². The number of halogens is 3. The molecule has 0 unspecified atom stereocenters. The maximum Gasteiger partial charge on any atom is 0.225 e. The summed E-state index contributed by atoms with van der Waals surface area (Å²) in [5.41, 5.74) is 1.09. The van der Waals surface area contributed by atoms with Crippen LogP contribution in [-0.4, -0.2) is 24.4 Å². The van der Waals surface area contributed by atoms with Gasteiger partial charge in [0.15, 0.2) is 0 Å². The highest BCUT2D eigenvalue weighted by molar-refractivity contribution is 6.42. The van der Waals surface area contributed by atoms with E-state index in [1.54, 1.807) is 18.2 Å². The number of amides is 1. The van der Waals surface area contributed by atoms with Crippen molar-refractivity contribution in [1.29, 1.82) is 0 Å². The highest BCUT2D eigenvalue weighted by Gasteiger charge is 2.10. The largest absolute Gasteiger partial charge is 0.324 e. The summed E-state index contributed by atoms with van der Waals surface area (Å²) in [5, 5.41) is 3.60. The number of rotatable bonds is 6. The van der Waals surface area contributed by atoms with Crippen molar-refractivity contribution in [3.63, 3.8) is 0 Å². The molecule has 3 nitrogen and oxygen atoms in total. The minimum atomic E-state index is -0.445. The molecule has 0 aliphatic carbocycles. The molecule has 2 aromatic carbocycles. The average molecular weight is 355 g/mol. The third-order valence-corrected chi connectivity index (χ3v) is 4.20. The summed E-state index contributed by atoms with van der Waals surface area (Å²) in [4.78, 5) is 13.8. The molecule has 0 bridgehead atoms. The molecule has 0 spiro atoms. The summed E-state index contributed by atoms with van der Waals surface area (Å²) in [6, 6.07) is 11.5. The quantitative estimate of drug-likeness (QED) is 0.822. The van der Waals surface area contributed by atoms with E-state index >= 15 is 0 Å². The van der Waals surface area contributed by atoms with E-state index in [1.807, 2.05) is 24.1 Å². The molecule has 1 amide bonds. The van der Waals surface area contributed by atoms with E-state index in [2.05, 4.69) is 5.32 Å². The van der Waals surface area contributed by atoms with Crippen LogP contribution in [0.4, 0.5) is 10.1 Å². The molecule has 122 valence electrons. The van der Waals surface area contributed by atoms with Crippen LogP contribution in [0.3, 0.4) is 0 Å². The molecule has 1 N–H and O–H groups in total. The van der Waals surface area contributed by atoms with E-state index in [0.717, 1.165) is 5.56 Å². The molecule has 0 fully saturated rings. The first-order valence-electron chi connectivity index (χ1n) is 7.13. The number of hydrogen-bond donors (Lipinski definition) is 1. The highest BCUT2D eigenvalue weighted by Crippen LogP contribution is 2.26. The minimum absolute atomic E-state index is 0.193. The summed E-state index contributed by atoms with van der Waals surface area (Å²) < 4.78 is 13.5. The first-order chi connectivity index (χ1) is 11.0. The van der Waals surface area contributed by atoms with Gasteiger partial charge in [0, 0.05) is 19.5 Å². The minimum Gasteiger partial charge on any atom is -0.324 e. The molecule has 0 saturated carbocycles. The number of anilines is 1. The summed E-state index contributed by atoms with van der Waals surface area (Å²) in [5.74, 6) is -0.681. The maximum absolute atomic E-state index is 13.5. The van der Waals surface area contributed by atoms with Crippen molar-refractivity contribution in [2.75, 3.05) is 18.9 Å². The Labute approximate surface area is 145 Å². The molecule has 0 saturated heterocycles. The van der Waals surface area contributed by atoms with Crippen molar-refractivity contribution in [3.05, 3.63) is 63.9 Å². The van der Waals surface area contributed by atoms with Crippen LogP contribution in [0, 0.1) is 5.82 Å². The molecule has 6 heteroatoms. The molecule has 0 heterocycles. The fraction of sp³-hybridized carbons (Fsp3) is 0.235. The van der Waals surface area contributed by atoms with E-state index in [1.165, 1.54) is 12.1 Å². The van der Waals surface area contributed by atoms with E-state index in [9.17, 15) is 9.18 Å². The Balaban J connectivity index is 1.84. The first kappa shape index (κ1) is 17.7. The molecular formula is C17H17Cl2FN2O. The number of hydrogen-bond acceptors (Lipinski definition) is 2. The van der Waals surface area contributed by atoms with Crippen LogP contribution in [0.25, 0.3) is 0 Å².